The number of nitrogens with one attached hydrogen (secondary N) is 1. The third kappa shape index (κ3) is 5.40. The zero-order chi connectivity index (χ0) is 22.6. The lowest BCUT2D eigenvalue weighted by molar-refractivity contribution is 0.0940. The van der Waals surface area contributed by atoms with E-state index in [1.165, 1.54) is 4.31 Å². The van der Waals surface area contributed by atoms with Gasteiger partial charge < -0.3 is 5.32 Å². The molecule has 0 heterocycles. The lowest BCUT2D eigenvalue weighted by Gasteiger charge is -2.18. The summed E-state index contributed by atoms with van der Waals surface area (Å²) in [5.41, 5.74) is 4.56. The summed E-state index contributed by atoms with van der Waals surface area (Å²) in [5.74, 6) is -0.164. The summed E-state index contributed by atoms with van der Waals surface area (Å²) < 4.78 is 26.8. The van der Waals surface area contributed by atoms with Crippen molar-refractivity contribution >= 4 is 15.9 Å². The van der Waals surface area contributed by atoms with Gasteiger partial charge in [-0.05, 0) is 61.7 Å². The van der Waals surface area contributed by atoms with E-state index in [9.17, 15) is 13.2 Å². The highest BCUT2D eigenvalue weighted by molar-refractivity contribution is 7.89. The summed E-state index contributed by atoms with van der Waals surface area (Å²) in [4.78, 5) is 12.9. The summed E-state index contributed by atoms with van der Waals surface area (Å²) in [7, 11) is -2.02. The molecular formula is C25H28N2O3S. The van der Waals surface area contributed by atoms with E-state index >= 15 is 0 Å². The fourth-order valence-corrected chi connectivity index (χ4v) is 4.58. The van der Waals surface area contributed by atoms with Crippen LogP contribution in [0.15, 0.2) is 77.7 Å². The molecule has 0 aliphatic heterocycles. The Bertz CT molecular complexity index is 1150. The third-order valence-electron chi connectivity index (χ3n) is 5.35. The zero-order valence-corrected chi connectivity index (χ0v) is 19.1. The smallest absolute Gasteiger partial charge is 0.251 e. The van der Waals surface area contributed by atoms with Gasteiger partial charge >= 0.3 is 0 Å². The molecule has 162 valence electrons. The summed E-state index contributed by atoms with van der Waals surface area (Å²) in [6, 6.07) is 21.7. The standard InChI is InChI=1S/C25H28N2O3S/c1-18-9-15-23(16-10-18)31(29,30)27(4)17-21-11-13-22(14-12-21)25(28)26-20(3)24-8-6-5-7-19(24)2/h5-16,20H,17H2,1-4H3,(H,26,28)/t20-/m1/s1. The highest BCUT2D eigenvalue weighted by atomic mass is 32.2. The topological polar surface area (TPSA) is 66.5 Å². The quantitative estimate of drug-likeness (QED) is 0.588. The molecule has 5 nitrogen and oxygen atoms in total. The molecule has 0 bridgehead atoms. The van der Waals surface area contributed by atoms with Crippen molar-refractivity contribution in [1.82, 2.24) is 9.62 Å². The second kappa shape index (κ2) is 9.45. The van der Waals surface area contributed by atoms with Crippen LogP contribution < -0.4 is 5.32 Å². The Hall–Kier alpha value is -2.96. The molecule has 0 saturated heterocycles. The van der Waals surface area contributed by atoms with E-state index in [4.69, 9.17) is 0 Å². The molecule has 6 heteroatoms. The van der Waals surface area contributed by atoms with Gasteiger partial charge in [0.15, 0.2) is 0 Å². The Balaban J connectivity index is 1.66. The minimum Gasteiger partial charge on any atom is -0.346 e. The Morgan fingerprint density at radius 1 is 0.935 bits per heavy atom. The molecule has 3 rings (SSSR count). The van der Waals surface area contributed by atoms with Gasteiger partial charge in [-0.2, -0.15) is 4.31 Å². The molecule has 0 radical (unpaired) electrons. The van der Waals surface area contributed by atoms with E-state index in [1.54, 1.807) is 55.6 Å². The van der Waals surface area contributed by atoms with E-state index < -0.39 is 10.0 Å². The summed E-state index contributed by atoms with van der Waals surface area (Å²) in [6.45, 7) is 6.12. The number of amides is 1. The number of hydrogen-bond donors (Lipinski definition) is 1. The average molecular weight is 437 g/mol. The number of nitrogens with zero attached hydrogens (tertiary/aromatic N) is 1. The normalized spacial score (nSPS) is 12.5. The van der Waals surface area contributed by atoms with Crippen LogP contribution in [0.3, 0.4) is 0 Å². The maximum atomic E-state index is 12.8. The lowest BCUT2D eigenvalue weighted by atomic mass is 10.0. The number of benzene rings is 3. The molecule has 3 aromatic carbocycles. The van der Waals surface area contributed by atoms with Crippen LogP contribution in [0.2, 0.25) is 0 Å². The Labute approximate surface area is 184 Å². The number of hydrogen-bond acceptors (Lipinski definition) is 3. The molecule has 0 saturated carbocycles. The first-order valence-corrected chi connectivity index (χ1v) is 11.6. The van der Waals surface area contributed by atoms with Gasteiger partial charge in [-0.15, -0.1) is 0 Å². The van der Waals surface area contributed by atoms with Crippen molar-refractivity contribution in [2.45, 2.75) is 38.3 Å². The predicted octanol–water partition coefficient (Wildman–Crippen LogP) is 4.62. The molecular weight excluding hydrogens is 408 g/mol. The number of aryl methyl sites for hydroxylation is 2. The van der Waals surface area contributed by atoms with Crippen molar-refractivity contribution in [2.24, 2.45) is 0 Å². The van der Waals surface area contributed by atoms with Gasteiger partial charge in [-0.3, -0.25) is 4.79 Å². The van der Waals surface area contributed by atoms with Crippen LogP contribution in [0.1, 0.15) is 45.6 Å². The third-order valence-corrected chi connectivity index (χ3v) is 7.17. The maximum Gasteiger partial charge on any atom is 0.251 e. The maximum absolute atomic E-state index is 12.8. The van der Waals surface area contributed by atoms with Crippen LogP contribution in [-0.4, -0.2) is 25.7 Å². The fourth-order valence-electron chi connectivity index (χ4n) is 3.42. The van der Waals surface area contributed by atoms with Crippen molar-refractivity contribution in [3.63, 3.8) is 0 Å². The van der Waals surface area contributed by atoms with Gasteiger partial charge in [-0.1, -0.05) is 54.1 Å². The van der Waals surface area contributed by atoms with Crippen molar-refractivity contribution in [2.75, 3.05) is 7.05 Å². The van der Waals surface area contributed by atoms with Gasteiger partial charge in [0.2, 0.25) is 10.0 Å². The Morgan fingerprint density at radius 3 is 2.16 bits per heavy atom. The molecule has 1 amide bonds. The molecule has 0 spiro atoms. The molecule has 31 heavy (non-hydrogen) atoms. The highest BCUT2D eigenvalue weighted by Crippen LogP contribution is 2.19. The minimum absolute atomic E-state index is 0.112. The van der Waals surface area contributed by atoms with E-state index in [2.05, 4.69) is 5.32 Å². The lowest BCUT2D eigenvalue weighted by Crippen LogP contribution is -2.27. The molecule has 0 unspecified atom stereocenters. The molecule has 1 N–H and O–H groups in total. The van der Waals surface area contributed by atoms with E-state index in [-0.39, 0.29) is 23.4 Å². The molecule has 1 atom stereocenters. The first-order chi connectivity index (χ1) is 14.7. The Kier molecular flexibility index (Phi) is 6.93. The van der Waals surface area contributed by atoms with Gasteiger partial charge in [-0.25, -0.2) is 8.42 Å². The SMILES string of the molecule is Cc1ccc(S(=O)(=O)N(C)Cc2ccc(C(=O)N[C@H](C)c3ccccc3C)cc2)cc1. The average Bonchev–Trinajstić information content (AvgIpc) is 2.74. The zero-order valence-electron chi connectivity index (χ0n) is 18.3. The summed E-state index contributed by atoms with van der Waals surface area (Å²) >= 11 is 0. The van der Waals surface area contributed by atoms with Crippen molar-refractivity contribution in [1.29, 1.82) is 0 Å². The van der Waals surface area contributed by atoms with Gasteiger partial charge in [0.1, 0.15) is 0 Å². The molecule has 0 aromatic heterocycles. The first-order valence-electron chi connectivity index (χ1n) is 10.2. The van der Waals surface area contributed by atoms with Crippen molar-refractivity contribution in [3.8, 4) is 0 Å². The minimum atomic E-state index is -3.58. The highest BCUT2D eigenvalue weighted by Gasteiger charge is 2.21. The largest absolute Gasteiger partial charge is 0.346 e. The second-order valence-corrected chi connectivity index (χ2v) is 9.87. The van der Waals surface area contributed by atoms with Crippen molar-refractivity contribution < 1.29 is 13.2 Å². The van der Waals surface area contributed by atoms with Gasteiger partial charge in [0.25, 0.3) is 5.91 Å². The molecule has 0 fully saturated rings. The van der Waals surface area contributed by atoms with E-state index in [1.807, 2.05) is 45.0 Å². The van der Waals surface area contributed by atoms with Crippen LogP contribution in [0, 0.1) is 13.8 Å². The monoisotopic (exact) mass is 436 g/mol. The van der Waals surface area contributed by atoms with Crippen LogP contribution in [0.5, 0.6) is 0 Å². The number of rotatable bonds is 7. The van der Waals surface area contributed by atoms with Crippen LogP contribution >= 0.6 is 0 Å². The van der Waals surface area contributed by atoms with Gasteiger partial charge in [0, 0.05) is 19.2 Å². The van der Waals surface area contributed by atoms with Crippen LogP contribution in [-0.2, 0) is 16.6 Å². The first kappa shape index (κ1) is 22.7. The van der Waals surface area contributed by atoms with Crippen LogP contribution in [0.4, 0.5) is 0 Å². The molecule has 3 aromatic rings. The number of carbonyl (C=O) groups excluding carboxylic acids is 1. The number of sulfonamides is 1. The van der Waals surface area contributed by atoms with E-state index in [0.717, 1.165) is 22.3 Å². The number of carbonyl (C=O) groups is 1. The predicted molar refractivity (Wildman–Crippen MR) is 123 cm³/mol. The second-order valence-electron chi connectivity index (χ2n) is 7.82. The fraction of sp³-hybridized carbons (Fsp3) is 0.240. The molecule has 0 aliphatic rings. The summed E-state index contributed by atoms with van der Waals surface area (Å²) in [5, 5.41) is 3.02. The molecule has 0 aliphatic carbocycles. The van der Waals surface area contributed by atoms with Gasteiger partial charge in [0.05, 0.1) is 10.9 Å². The summed E-state index contributed by atoms with van der Waals surface area (Å²) in [6.07, 6.45) is 0. The van der Waals surface area contributed by atoms with Crippen LogP contribution in [0.25, 0.3) is 0 Å². The van der Waals surface area contributed by atoms with E-state index in [0.29, 0.717) is 5.56 Å². The van der Waals surface area contributed by atoms with Crippen molar-refractivity contribution in [3.05, 3.63) is 101 Å². The Morgan fingerprint density at radius 2 is 1.55 bits per heavy atom.